The van der Waals surface area contributed by atoms with E-state index in [1.807, 2.05) is 42.5 Å². The van der Waals surface area contributed by atoms with Gasteiger partial charge in [0.25, 0.3) is 6.01 Å². The number of para-hydroxylation sites is 2. The maximum absolute atomic E-state index is 11.4. The SMILES string of the molecule is CCCCCCN(CCc1cccc(OC(C)(C)C(=O)O)c1)c1nc2ccccc2o1. The first-order valence-electron chi connectivity index (χ1n) is 11.0. The third kappa shape index (κ3) is 6.23. The van der Waals surface area contributed by atoms with Crippen molar-refractivity contribution in [3.63, 3.8) is 0 Å². The van der Waals surface area contributed by atoms with E-state index >= 15 is 0 Å². The highest BCUT2D eigenvalue weighted by molar-refractivity contribution is 5.76. The largest absolute Gasteiger partial charge is 0.478 e. The van der Waals surface area contributed by atoms with Gasteiger partial charge in [0.2, 0.25) is 0 Å². The number of anilines is 1. The molecule has 1 N–H and O–H groups in total. The second-order valence-electron chi connectivity index (χ2n) is 8.33. The van der Waals surface area contributed by atoms with E-state index in [1.54, 1.807) is 19.9 Å². The lowest BCUT2D eigenvalue weighted by atomic mass is 10.1. The van der Waals surface area contributed by atoms with E-state index < -0.39 is 11.6 Å². The molecule has 0 atom stereocenters. The molecule has 0 aliphatic carbocycles. The minimum atomic E-state index is -1.28. The number of hydrogen-bond acceptors (Lipinski definition) is 5. The Kier molecular flexibility index (Phi) is 7.55. The lowest BCUT2D eigenvalue weighted by Crippen LogP contribution is -2.37. The Morgan fingerprint density at radius 1 is 1.10 bits per heavy atom. The average Bonchev–Trinajstić information content (AvgIpc) is 3.17. The highest BCUT2D eigenvalue weighted by atomic mass is 16.5. The third-order valence-corrected chi connectivity index (χ3v) is 5.29. The van der Waals surface area contributed by atoms with Crippen molar-refractivity contribution >= 4 is 23.1 Å². The van der Waals surface area contributed by atoms with Crippen LogP contribution in [-0.2, 0) is 11.2 Å². The van der Waals surface area contributed by atoms with Crippen LogP contribution in [0.5, 0.6) is 5.75 Å². The summed E-state index contributed by atoms with van der Waals surface area (Å²) in [5.41, 5.74) is 1.46. The number of hydrogen-bond donors (Lipinski definition) is 1. The van der Waals surface area contributed by atoms with Gasteiger partial charge in [-0.1, -0.05) is 50.5 Å². The summed E-state index contributed by atoms with van der Waals surface area (Å²) < 4.78 is 11.7. The fraction of sp³-hybridized carbons (Fsp3) is 0.440. The zero-order chi connectivity index (χ0) is 22.3. The first-order chi connectivity index (χ1) is 14.9. The van der Waals surface area contributed by atoms with Gasteiger partial charge in [0, 0.05) is 13.1 Å². The van der Waals surface area contributed by atoms with Gasteiger partial charge in [-0.2, -0.15) is 4.98 Å². The minimum Gasteiger partial charge on any atom is -0.478 e. The van der Waals surface area contributed by atoms with Crippen molar-refractivity contribution in [2.75, 3.05) is 18.0 Å². The Balaban J connectivity index is 1.71. The quantitative estimate of drug-likeness (QED) is 0.376. The zero-order valence-electron chi connectivity index (χ0n) is 18.6. The number of rotatable bonds is 12. The van der Waals surface area contributed by atoms with E-state index in [0.717, 1.165) is 42.6 Å². The molecule has 1 heterocycles. The number of carboxylic acid groups (broad SMARTS) is 1. The lowest BCUT2D eigenvalue weighted by Gasteiger charge is -2.23. The molecule has 1 aromatic heterocycles. The Labute approximate surface area is 183 Å². The summed E-state index contributed by atoms with van der Waals surface area (Å²) in [5.74, 6) is -0.437. The van der Waals surface area contributed by atoms with Crippen molar-refractivity contribution in [3.8, 4) is 5.75 Å². The van der Waals surface area contributed by atoms with Gasteiger partial charge in [-0.15, -0.1) is 0 Å². The molecule has 0 aliphatic heterocycles. The van der Waals surface area contributed by atoms with Crippen molar-refractivity contribution in [1.82, 2.24) is 4.98 Å². The summed E-state index contributed by atoms with van der Waals surface area (Å²) in [4.78, 5) is 18.2. The van der Waals surface area contributed by atoms with Gasteiger partial charge >= 0.3 is 5.97 Å². The number of aromatic nitrogens is 1. The molecule has 0 spiro atoms. The number of oxazole rings is 1. The third-order valence-electron chi connectivity index (χ3n) is 5.29. The molecule has 2 aromatic carbocycles. The van der Waals surface area contributed by atoms with Crippen LogP contribution in [0.15, 0.2) is 52.9 Å². The van der Waals surface area contributed by atoms with Crippen LogP contribution in [0.25, 0.3) is 11.1 Å². The van der Waals surface area contributed by atoms with Crippen molar-refractivity contribution in [3.05, 3.63) is 54.1 Å². The van der Waals surface area contributed by atoms with Crippen LogP contribution in [0.2, 0.25) is 0 Å². The van der Waals surface area contributed by atoms with Gasteiger partial charge in [-0.25, -0.2) is 4.79 Å². The molecule has 0 unspecified atom stereocenters. The van der Waals surface area contributed by atoms with Crippen molar-refractivity contribution < 1.29 is 19.1 Å². The molecule has 6 heteroatoms. The van der Waals surface area contributed by atoms with E-state index in [2.05, 4.69) is 16.8 Å². The molecule has 0 saturated heterocycles. The molecule has 0 amide bonds. The van der Waals surface area contributed by atoms with Crippen LogP contribution in [0.3, 0.4) is 0 Å². The Bertz CT molecular complexity index is 963. The number of carbonyl (C=O) groups is 1. The number of fused-ring (bicyclic) bond motifs is 1. The van der Waals surface area contributed by atoms with Crippen molar-refractivity contribution in [2.45, 2.75) is 58.5 Å². The Morgan fingerprint density at radius 2 is 1.90 bits per heavy atom. The molecule has 0 radical (unpaired) electrons. The van der Waals surface area contributed by atoms with Crippen LogP contribution in [0.1, 0.15) is 52.0 Å². The van der Waals surface area contributed by atoms with E-state index in [9.17, 15) is 9.90 Å². The van der Waals surface area contributed by atoms with E-state index in [4.69, 9.17) is 9.15 Å². The van der Waals surface area contributed by atoms with Crippen LogP contribution < -0.4 is 9.64 Å². The highest BCUT2D eigenvalue weighted by Crippen LogP contribution is 2.24. The minimum absolute atomic E-state index is 0.557. The second kappa shape index (κ2) is 10.3. The molecule has 31 heavy (non-hydrogen) atoms. The van der Waals surface area contributed by atoms with Gasteiger partial charge in [-0.05, 0) is 56.5 Å². The topological polar surface area (TPSA) is 75.8 Å². The monoisotopic (exact) mass is 424 g/mol. The second-order valence-corrected chi connectivity index (χ2v) is 8.33. The van der Waals surface area contributed by atoms with Gasteiger partial charge in [0.1, 0.15) is 11.3 Å². The predicted octanol–water partition coefficient (Wildman–Crippen LogP) is 5.70. The molecular weight excluding hydrogens is 392 g/mol. The summed E-state index contributed by atoms with van der Waals surface area (Å²) in [5, 5.41) is 9.31. The molecule has 3 rings (SSSR count). The molecule has 166 valence electrons. The molecule has 0 bridgehead atoms. The fourth-order valence-electron chi connectivity index (χ4n) is 3.39. The summed E-state index contributed by atoms with van der Waals surface area (Å²) in [6.07, 6.45) is 5.46. The average molecular weight is 425 g/mol. The number of benzene rings is 2. The lowest BCUT2D eigenvalue weighted by molar-refractivity contribution is -0.152. The Morgan fingerprint density at radius 3 is 2.65 bits per heavy atom. The van der Waals surface area contributed by atoms with Gasteiger partial charge in [-0.3, -0.25) is 0 Å². The fourth-order valence-corrected chi connectivity index (χ4v) is 3.39. The van der Waals surface area contributed by atoms with Crippen LogP contribution in [0, 0.1) is 0 Å². The smallest absolute Gasteiger partial charge is 0.347 e. The number of aliphatic carboxylic acids is 1. The molecule has 0 aliphatic rings. The molecular formula is C25H32N2O4. The predicted molar refractivity (Wildman–Crippen MR) is 123 cm³/mol. The number of carboxylic acids is 1. The summed E-state index contributed by atoms with van der Waals surface area (Å²) in [6.45, 7) is 6.94. The standard InChI is InChI=1S/C25H32N2O4/c1-4-5-6-9-16-27(24-26-21-13-7-8-14-22(21)30-24)17-15-19-11-10-12-20(18-19)31-25(2,3)23(28)29/h7-8,10-14,18H,4-6,9,15-17H2,1-3H3,(H,28,29). The molecule has 6 nitrogen and oxygen atoms in total. The van der Waals surface area contributed by atoms with Crippen LogP contribution in [0.4, 0.5) is 6.01 Å². The highest BCUT2D eigenvalue weighted by Gasteiger charge is 2.29. The summed E-state index contributed by atoms with van der Waals surface area (Å²) in [6, 6.07) is 16.1. The van der Waals surface area contributed by atoms with Crippen LogP contribution >= 0.6 is 0 Å². The first-order valence-corrected chi connectivity index (χ1v) is 11.0. The van der Waals surface area contributed by atoms with Crippen LogP contribution in [-0.4, -0.2) is 34.8 Å². The normalized spacial score (nSPS) is 11.6. The molecule has 3 aromatic rings. The van der Waals surface area contributed by atoms with Crippen molar-refractivity contribution in [2.24, 2.45) is 0 Å². The van der Waals surface area contributed by atoms with E-state index in [1.165, 1.54) is 19.3 Å². The summed E-state index contributed by atoms with van der Waals surface area (Å²) in [7, 11) is 0. The molecule has 0 fully saturated rings. The molecule has 0 saturated carbocycles. The Hall–Kier alpha value is -3.02. The van der Waals surface area contributed by atoms with Gasteiger partial charge < -0.3 is 19.2 Å². The maximum Gasteiger partial charge on any atom is 0.347 e. The zero-order valence-corrected chi connectivity index (χ0v) is 18.6. The summed E-state index contributed by atoms with van der Waals surface area (Å²) >= 11 is 0. The number of unbranched alkanes of at least 4 members (excludes halogenated alkanes) is 3. The van der Waals surface area contributed by atoms with E-state index in [0.29, 0.717) is 11.8 Å². The first kappa shape index (κ1) is 22.7. The van der Waals surface area contributed by atoms with Gasteiger partial charge in [0.05, 0.1) is 0 Å². The maximum atomic E-state index is 11.4. The van der Waals surface area contributed by atoms with E-state index in [-0.39, 0.29) is 0 Å². The van der Waals surface area contributed by atoms with Crippen molar-refractivity contribution in [1.29, 1.82) is 0 Å². The van der Waals surface area contributed by atoms with Gasteiger partial charge in [0.15, 0.2) is 11.2 Å². The number of nitrogens with zero attached hydrogens (tertiary/aromatic N) is 2. The number of ether oxygens (including phenoxy) is 1.